The molecule has 3 rings (SSSR count). The highest BCUT2D eigenvalue weighted by atomic mass is 16.5. The molecule has 0 bridgehead atoms. The van der Waals surface area contributed by atoms with Crippen LogP contribution in [0.3, 0.4) is 0 Å². The lowest BCUT2D eigenvalue weighted by molar-refractivity contribution is -0.0296. The van der Waals surface area contributed by atoms with Crippen LogP contribution >= 0.6 is 0 Å². The Morgan fingerprint density at radius 1 is 1.45 bits per heavy atom. The maximum atomic E-state index is 12.2. The Morgan fingerprint density at radius 3 is 3.18 bits per heavy atom. The fourth-order valence-electron chi connectivity index (χ4n) is 2.72. The molecular weight excluding hydrogens is 282 g/mol. The number of rotatable bonds is 5. The second-order valence-electron chi connectivity index (χ2n) is 5.46. The van der Waals surface area contributed by atoms with Gasteiger partial charge in [-0.2, -0.15) is 0 Å². The van der Waals surface area contributed by atoms with E-state index in [9.17, 15) is 4.79 Å². The summed E-state index contributed by atoms with van der Waals surface area (Å²) in [6.07, 6.45) is 0.981. The molecule has 0 radical (unpaired) electrons. The Bertz CT molecular complexity index is 640. The van der Waals surface area contributed by atoms with Gasteiger partial charge in [0, 0.05) is 19.6 Å². The van der Waals surface area contributed by atoms with E-state index in [1.165, 1.54) is 0 Å². The van der Waals surface area contributed by atoms with E-state index in [0.29, 0.717) is 12.1 Å². The molecule has 1 saturated heterocycles. The van der Waals surface area contributed by atoms with Gasteiger partial charge in [0.2, 0.25) is 5.76 Å². The number of hydrogen-bond acceptors (Lipinski definition) is 5. The minimum absolute atomic E-state index is 0.181. The number of likely N-dealkylation sites (N-methyl/N-ethyl adjacent to an activating group) is 1. The highest BCUT2D eigenvalue weighted by molar-refractivity contribution is 6.03. The Morgan fingerprint density at radius 2 is 2.32 bits per heavy atom. The van der Waals surface area contributed by atoms with Crippen molar-refractivity contribution in [1.82, 2.24) is 15.4 Å². The van der Waals surface area contributed by atoms with Crippen LogP contribution in [0.2, 0.25) is 0 Å². The van der Waals surface area contributed by atoms with E-state index in [0.717, 1.165) is 38.0 Å². The van der Waals surface area contributed by atoms with Crippen molar-refractivity contribution in [3.8, 4) is 0 Å². The third-order valence-electron chi connectivity index (χ3n) is 4.01. The van der Waals surface area contributed by atoms with Crippen LogP contribution in [-0.4, -0.2) is 54.9 Å². The lowest BCUT2D eigenvalue weighted by Gasteiger charge is -2.32. The summed E-state index contributed by atoms with van der Waals surface area (Å²) < 4.78 is 10.9. The fraction of sp³-hybridized carbons (Fsp3) is 0.500. The van der Waals surface area contributed by atoms with Crippen LogP contribution in [0.1, 0.15) is 23.9 Å². The lowest BCUT2D eigenvalue weighted by Crippen LogP contribution is -2.43. The van der Waals surface area contributed by atoms with Gasteiger partial charge in [-0.05, 0) is 25.1 Å². The van der Waals surface area contributed by atoms with Gasteiger partial charge < -0.3 is 14.6 Å². The summed E-state index contributed by atoms with van der Waals surface area (Å²) in [5, 5.41) is 7.52. The topological polar surface area (TPSA) is 67.6 Å². The molecule has 1 fully saturated rings. The van der Waals surface area contributed by atoms with E-state index >= 15 is 0 Å². The number of ether oxygens (including phenoxy) is 1. The van der Waals surface area contributed by atoms with Gasteiger partial charge in [0.25, 0.3) is 5.91 Å². The molecule has 1 aromatic carbocycles. The van der Waals surface area contributed by atoms with Crippen LogP contribution in [0, 0.1) is 0 Å². The van der Waals surface area contributed by atoms with Crippen molar-refractivity contribution < 1.29 is 14.1 Å². The number of hydrogen-bond donors (Lipinski definition) is 1. The molecule has 0 aliphatic carbocycles. The zero-order valence-electron chi connectivity index (χ0n) is 12.7. The molecule has 1 amide bonds. The average Bonchev–Trinajstić information content (AvgIpc) is 2.99. The first-order valence-corrected chi connectivity index (χ1v) is 7.74. The van der Waals surface area contributed by atoms with Crippen molar-refractivity contribution in [3.05, 3.63) is 30.0 Å². The summed E-state index contributed by atoms with van der Waals surface area (Å²) in [5.74, 6) is 0.0483. The van der Waals surface area contributed by atoms with Gasteiger partial charge in [-0.1, -0.05) is 24.2 Å². The molecule has 2 heterocycles. The number of benzene rings is 1. The van der Waals surface area contributed by atoms with Crippen LogP contribution in [0.4, 0.5) is 0 Å². The average molecular weight is 303 g/mol. The van der Waals surface area contributed by atoms with Crippen molar-refractivity contribution in [3.63, 3.8) is 0 Å². The molecule has 1 aliphatic heterocycles. The highest BCUT2D eigenvalue weighted by Crippen LogP contribution is 2.17. The molecule has 118 valence electrons. The first-order valence-electron chi connectivity index (χ1n) is 7.74. The SMILES string of the molecule is CCN1CCOC(CCNC(=O)c2onc3ccccc23)C1. The number of morpholine rings is 1. The van der Waals surface area contributed by atoms with Crippen molar-refractivity contribution >= 4 is 16.8 Å². The monoisotopic (exact) mass is 303 g/mol. The molecule has 22 heavy (non-hydrogen) atoms. The zero-order chi connectivity index (χ0) is 15.4. The Labute approximate surface area is 129 Å². The van der Waals surface area contributed by atoms with Crippen molar-refractivity contribution in [2.75, 3.05) is 32.8 Å². The lowest BCUT2D eigenvalue weighted by atomic mass is 10.2. The predicted octanol–water partition coefficient (Wildman–Crippen LogP) is 1.67. The Kier molecular flexibility index (Phi) is 4.70. The van der Waals surface area contributed by atoms with E-state index < -0.39 is 0 Å². The summed E-state index contributed by atoms with van der Waals surface area (Å²) in [6.45, 7) is 6.44. The predicted molar refractivity (Wildman–Crippen MR) is 82.8 cm³/mol. The van der Waals surface area contributed by atoms with Crippen LogP contribution in [-0.2, 0) is 4.74 Å². The molecule has 0 spiro atoms. The third kappa shape index (κ3) is 3.28. The van der Waals surface area contributed by atoms with Crippen LogP contribution in [0.5, 0.6) is 0 Å². The van der Waals surface area contributed by atoms with Crippen molar-refractivity contribution in [2.45, 2.75) is 19.4 Å². The first kappa shape index (κ1) is 15.0. The minimum atomic E-state index is -0.225. The number of carbonyl (C=O) groups is 1. The largest absolute Gasteiger partial charge is 0.375 e. The van der Waals surface area contributed by atoms with E-state index in [1.807, 2.05) is 24.3 Å². The van der Waals surface area contributed by atoms with E-state index in [4.69, 9.17) is 9.26 Å². The summed E-state index contributed by atoms with van der Waals surface area (Å²) in [5.41, 5.74) is 0.696. The minimum Gasteiger partial charge on any atom is -0.375 e. The van der Waals surface area contributed by atoms with Gasteiger partial charge in [-0.3, -0.25) is 9.69 Å². The standard InChI is InChI=1S/C16H21N3O3/c1-2-19-9-10-21-12(11-19)7-8-17-16(20)15-13-5-3-4-6-14(13)18-22-15/h3-6,12H,2,7-11H2,1H3,(H,17,20). The zero-order valence-corrected chi connectivity index (χ0v) is 12.7. The van der Waals surface area contributed by atoms with Crippen molar-refractivity contribution in [2.24, 2.45) is 0 Å². The van der Waals surface area contributed by atoms with Gasteiger partial charge in [0.05, 0.1) is 18.1 Å². The molecule has 6 heteroatoms. The molecule has 1 N–H and O–H groups in total. The fourth-order valence-corrected chi connectivity index (χ4v) is 2.72. The summed E-state index contributed by atoms with van der Waals surface area (Å²) >= 11 is 0. The number of nitrogens with one attached hydrogen (secondary N) is 1. The molecule has 2 aromatic rings. The van der Waals surface area contributed by atoms with E-state index in [1.54, 1.807) is 0 Å². The maximum Gasteiger partial charge on any atom is 0.290 e. The van der Waals surface area contributed by atoms with Gasteiger partial charge in [-0.25, -0.2) is 0 Å². The molecule has 0 saturated carbocycles. The third-order valence-corrected chi connectivity index (χ3v) is 4.01. The smallest absolute Gasteiger partial charge is 0.290 e. The van der Waals surface area contributed by atoms with Gasteiger partial charge >= 0.3 is 0 Å². The van der Waals surface area contributed by atoms with Crippen LogP contribution in [0.15, 0.2) is 28.8 Å². The van der Waals surface area contributed by atoms with Crippen LogP contribution < -0.4 is 5.32 Å². The van der Waals surface area contributed by atoms with Gasteiger partial charge in [0.15, 0.2) is 0 Å². The Hall–Kier alpha value is -1.92. The maximum absolute atomic E-state index is 12.2. The van der Waals surface area contributed by atoms with E-state index in [-0.39, 0.29) is 17.8 Å². The second kappa shape index (κ2) is 6.89. The molecule has 1 atom stereocenters. The number of amides is 1. The molecular formula is C16H21N3O3. The number of nitrogens with zero attached hydrogens (tertiary/aromatic N) is 2. The molecule has 6 nitrogen and oxygen atoms in total. The second-order valence-corrected chi connectivity index (χ2v) is 5.46. The number of aromatic nitrogens is 1. The number of carbonyl (C=O) groups excluding carboxylic acids is 1. The molecule has 1 aliphatic rings. The van der Waals surface area contributed by atoms with Crippen LogP contribution in [0.25, 0.3) is 10.9 Å². The summed E-state index contributed by atoms with van der Waals surface area (Å²) in [4.78, 5) is 14.5. The first-order chi connectivity index (χ1) is 10.8. The quantitative estimate of drug-likeness (QED) is 0.910. The number of fused-ring (bicyclic) bond motifs is 1. The van der Waals surface area contributed by atoms with Gasteiger partial charge in [0.1, 0.15) is 5.52 Å². The normalized spacial score (nSPS) is 19.4. The van der Waals surface area contributed by atoms with Crippen molar-refractivity contribution in [1.29, 1.82) is 0 Å². The molecule has 1 aromatic heterocycles. The highest BCUT2D eigenvalue weighted by Gasteiger charge is 2.20. The van der Waals surface area contributed by atoms with E-state index in [2.05, 4.69) is 22.3 Å². The molecule has 1 unspecified atom stereocenters. The summed E-state index contributed by atoms with van der Waals surface area (Å²) in [6, 6.07) is 7.40. The van der Waals surface area contributed by atoms with Gasteiger partial charge in [-0.15, -0.1) is 0 Å². The Balaban J connectivity index is 1.52. The summed E-state index contributed by atoms with van der Waals surface area (Å²) in [7, 11) is 0.